The second-order valence-corrected chi connectivity index (χ2v) is 8.27. The number of benzene rings is 1. The molecule has 8 heteroatoms. The average Bonchev–Trinajstić information content (AvgIpc) is 2.66. The molecule has 0 spiro atoms. The molecule has 2 aromatic rings. The maximum absolute atomic E-state index is 13.2. The molecular weight excluding hydrogens is 420 g/mol. The molecule has 21 heavy (non-hydrogen) atoms. The Kier molecular flexibility index (Phi) is 6.01. The van der Waals surface area contributed by atoms with E-state index in [1.807, 2.05) is 20.8 Å². The maximum Gasteiger partial charge on any atom is 0.600 e. The fourth-order valence-electron chi connectivity index (χ4n) is 1.88. The zero-order valence-corrected chi connectivity index (χ0v) is 14.5. The van der Waals surface area contributed by atoms with Crippen LogP contribution in [0.1, 0.15) is 25.6 Å². The molecule has 0 amide bonds. The molecule has 0 saturated heterocycles. The number of hydrogen-bond acceptors (Lipinski definition) is 3. The first-order valence-electron chi connectivity index (χ1n) is 5.80. The quantitative estimate of drug-likeness (QED) is 0.387. The van der Waals surface area contributed by atoms with Crippen LogP contribution in [0.2, 0.25) is 0 Å². The highest BCUT2D eigenvalue weighted by atomic mass is 127. The third kappa shape index (κ3) is 5.06. The minimum atomic E-state index is -4.19. The van der Waals surface area contributed by atoms with E-state index < -0.39 is 42.5 Å². The Morgan fingerprint density at radius 2 is 1.48 bits per heavy atom. The first-order valence-corrected chi connectivity index (χ1v) is 9.66. The second kappa shape index (κ2) is 6.78. The van der Waals surface area contributed by atoms with Crippen LogP contribution in [0.15, 0.2) is 30.3 Å². The molecule has 0 fully saturated rings. The van der Waals surface area contributed by atoms with Gasteiger partial charge in [-0.3, -0.25) is 0 Å². The number of halogens is 4. The summed E-state index contributed by atoms with van der Waals surface area (Å²) in [5, 5.41) is 0.707. The van der Waals surface area contributed by atoms with Gasteiger partial charge in [-0.05, 0) is 12.1 Å². The van der Waals surface area contributed by atoms with Gasteiger partial charge in [0.2, 0.25) is 0 Å². The fraction of sp³-hybridized carbons (Fsp3) is 0.385. The monoisotopic (exact) mass is 434 g/mol. The normalized spacial score (nSPS) is 13.3. The van der Waals surface area contributed by atoms with Crippen LogP contribution < -0.4 is 31.4 Å². The maximum atomic E-state index is 13.2. The highest BCUT2D eigenvalue weighted by Gasteiger charge is 2.50. The molecule has 1 unspecified atom stereocenters. The highest BCUT2D eigenvalue weighted by molar-refractivity contribution is 7.38. The largest absolute Gasteiger partial charge is 0.600 e. The van der Waals surface area contributed by atoms with Crippen LogP contribution >= 0.6 is 10.5 Å². The lowest BCUT2D eigenvalue weighted by atomic mass is 9.94. The van der Waals surface area contributed by atoms with Gasteiger partial charge >= 0.3 is 5.51 Å². The third-order valence-electron chi connectivity index (χ3n) is 2.62. The lowest BCUT2D eigenvalue weighted by Crippen LogP contribution is -4.05. The van der Waals surface area contributed by atoms with Gasteiger partial charge in [0, 0.05) is 16.9 Å². The Balaban J connectivity index is 0.000000491. The van der Waals surface area contributed by atoms with Crippen molar-refractivity contribution in [1.82, 2.24) is 0 Å². The van der Waals surface area contributed by atoms with Crippen molar-refractivity contribution in [3.8, 4) is 0 Å². The number of thiophene rings is 1. The number of fused-ring (bicyclic) bond motifs is 1. The van der Waals surface area contributed by atoms with E-state index in [0.29, 0.717) is 15.0 Å². The molecule has 0 N–H and O–H groups in total. The number of hydrogen-bond donors (Lipinski definition) is 0. The molecule has 0 aliphatic heterocycles. The Morgan fingerprint density at radius 3 is 1.90 bits per heavy atom. The van der Waals surface area contributed by atoms with E-state index in [4.69, 9.17) is 10.3 Å². The number of rotatable bonds is 0. The summed E-state index contributed by atoms with van der Waals surface area (Å²) in [6.07, 6.45) is 0. The summed E-state index contributed by atoms with van der Waals surface area (Å²) in [5.74, 6) is 0. The molecule has 0 saturated carbocycles. The molecular formula is C13H14F3IO3S. The topological polar surface area (TPSA) is 69.2 Å². The molecule has 0 aliphatic carbocycles. The van der Waals surface area contributed by atoms with Crippen LogP contribution in [0.3, 0.4) is 0 Å². The minimum Gasteiger partial charge on any atom is -0.427 e. The van der Waals surface area contributed by atoms with Crippen molar-refractivity contribution in [2.24, 2.45) is 0 Å². The summed E-state index contributed by atoms with van der Waals surface area (Å²) in [7, 11) is -1.77. The highest BCUT2D eigenvalue weighted by Crippen LogP contribution is 2.53. The van der Waals surface area contributed by atoms with E-state index in [1.165, 1.54) is 0 Å². The van der Waals surface area contributed by atoms with Crippen molar-refractivity contribution in [2.45, 2.75) is 31.7 Å². The van der Waals surface area contributed by atoms with Crippen molar-refractivity contribution >= 4 is 20.6 Å². The van der Waals surface area contributed by atoms with Crippen LogP contribution in [0, 0.1) is 0 Å². The summed E-state index contributed by atoms with van der Waals surface area (Å²) in [5.41, 5.74) is -4.65. The van der Waals surface area contributed by atoms with E-state index in [9.17, 15) is 13.2 Å². The fourth-order valence-corrected chi connectivity index (χ4v) is 4.05. The van der Waals surface area contributed by atoms with Gasteiger partial charge in [0.25, 0.3) is 21.1 Å². The van der Waals surface area contributed by atoms with Crippen LogP contribution in [0.4, 0.5) is 13.2 Å². The first-order chi connectivity index (χ1) is 9.44. The van der Waals surface area contributed by atoms with Crippen molar-refractivity contribution in [1.29, 1.82) is 0 Å². The Morgan fingerprint density at radius 1 is 1.00 bits per heavy atom. The average molecular weight is 434 g/mol. The molecule has 0 bridgehead atoms. The van der Waals surface area contributed by atoms with Crippen LogP contribution in [-0.2, 0) is 10.9 Å². The van der Waals surface area contributed by atoms with Crippen LogP contribution in [0.5, 0.6) is 0 Å². The minimum absolute atomic E-state index is 0.407. The Bertz CT molecular complexity index is 600. The molecule has 1 heterocycles. The Hall–Kier alpha value is -0.420. The van der Waals surface area contributed by atoms with Gasteiger partial charge in [-0.2, -0.15) is 0 Å². The van der Waals surface area contributed by atoms with Crippen molar-refractivity contribution in [3.63, 3.8) is 0 Å². The van der Waals surface area contributed by atoms with Crippen molar-refractivity contribution in [2.75, 3.05) is 0 Å². The van der Waals surface area contributed by atoms with E-state index in [0.717, 1.165) is 0 Å². The zero-order valence-electron chi connectivity index (χ0n) is 11.5. The molecule has 0 aliphatic rings. The third-order valence-corrected chi connectivity index (χ3v) is 5.06. The SMILES string of the molecule is CC(C)(C)c1cc2ccccc2[s+]1C(F)(F)F.[O-][I+2]([O-])[O-]. The van der Waals surface area contributed by atoms with Gasteiger partial charge in [0.1, 0.15) is 0 Å². The van der Waals surface area contributed by atoms with E-state index in [2.05, 4.69) is 0 Å². The first kappa shape index (κ1) is 18.6. The van der Waals surface area contributed by atoms with E-state index in [1.54, 1.807) is 30.3 Å². The summed E-state index contributed by atoms with van der Waals surface area (Å²) in [6, 6.07) is 8.48. The van der Waals surface area contributed by atoms with Crippen molar-refractivity contribution in [3.05, 3.63) is 35.2 Å². The molecule has 118 valence electrons. The van der Waals surface area contributed by atoms with Gasteiger partial charge in [0.15, 0.2) is 9.58 Å². The van der Waals surface area contributed by atoms with Gasteiger partial charge < -0.3 is 10.3 Å². The lowest BCUT2D eigenvalue weighted by Gasteiger charge is -2.13. The molecule has 1 atom stereocenters. The number of alkyl halides is 3. The van der Waals surface area contributed by atoms with Crippen LogP contribution in [0.25, 0.3) is 10.1 Å². The summed E-state index contributed by atoms with van der Waals surface area (Å²) in [6.45, 7) is 5.49. The van der Waals surface area contributed by atoms with Gasteiger partial charge in [0.05, 0.1) is 10.5 Å². The molecule has 3 nitrogen and oxygen atoms in total. The standard InChI is InChI=1S/C13H14F3S.IO3/c1-12(2,3)11-8-9-6-4-5-7-10(9)17(11)13(14,15)16;2-1(3)4/h4-8H,1-3H3;/q+1;-1. The zero-order chi connectivity index (χ0) is 16.4. The summed E-state index contributed by atoms with van der Waals surface area (Å²) < 4.78 is 65.7. The summed E-state index contributed by atoms with van der Waals surface area (Å²) >= 11 is -4.01. The predicted molar refractivity (Wildman–Crippen MR) is 66.4 cm³/mol. The predicted octanol–water partition coefficient (Wildman–Crippen LogP) is -1.20. The molecule has 1 aromatic carbocycles. The van der Waals surface area contributed by atoms with E-state index >= 15 is 0 Å². The lowest BCUT2D eigenvalue weighted by molar-refractivity contribution is -1.73. The second-order valence-electron chi connectivity index (χ2n) is 5.24. The van der Waals surface area contributed by atoms with Crippen molar-refractivity contribution < 1.29 is 44.5 Å². The van der Waals surface area contributed by atoms with Gasteiger partial charge in [-0.15, -0.1) is 13.2 Å². The smallest absolute Gasteiger partial charge is 0.427 e. The molecule has 0 radical (unpaired) electrons. The van der Waals surface area contributed by atoms with Crippen LogP contribution in [-0.4, -0.2) is 0 Å². The Labute approximate surface area is 132 Å². The molecule has 1 aromatic heterocycles. The van der Waals surface area contributed by atoms with Gasteiger partial charge in [-0.1, -0.05) is 32.9 Å². The van der Waals surface area contributed by atoms with E-state index in [-0.39, 0.29) is 0 Å². The summed E-state index contributed by atoms with van der Waals surface area (Å²) in [4.78, 5) is 0.478. The van der Waals surface area contributed by atoms with Gasteiger partial charge in [-0.25, -0.2) is 0 Å². The molecule has 2 rings (SSSR count).